The number of benzene rings is 1. The summed E-state index contributed by atoms with van der Waals surface area (Å²) >= 11 is 0. The van der Waals surface area contributed by atoms with Crippen molar-refractivity contribution in [2.45, 2.75) is 19.8 Å². The Hall–Kier alpha value is -1.84. The van der Waals surface area contributed by atoms with Gasteiger partial charge in [-0.25, -0.2) is 0 Å². The molecule has 0 bridgehead atoms. The van der Waals surface area contributed by atoms with Gasteiger partial charge in [-0.3, -0.25) is 9.59 Å². The summed E-state index contributed by atoms with van der Waals surface area (Å²) in [5.41, 5.74) is 0.797. The van der Waals surface area contributed by atoms with E-state index in [0.717, 1.165) is 12.1 Å². The Morgan fingerprint density at radius 3 is 2.89 bits per heavy atom. The minimum atomic E-state index is -0.482. The van der Waals surface area contributed by atoms with Crippen LogP contribution in [0.1, 0.15) is 19.8 Å². The molecule has 1 heterocycles. The van der Waals surface area contributed by atoms with E-state index in [2.05, 4.69) is 0 Å². The molecule has 4 heteroatoms. The lowest BCUT2D eigenvalue weighted by molar-refractivity contribution is -0.132. The van der Waals surface area contributed by atoms with Crippen LogP contribution in [0.5, 0.6) is 5.75 Å². The number of rotatable bonds is 3. The maximum absolute atomic E-state index is 12.2. The molecule has 96 valence electrons. The van der Waals surface area contributed by atoms with Crippen LogP contribution in [0.3, 0.4) is 0 Å². The molecule has 0 radical (unpaired) electrons. The minimum absolute atomic E-state index is 0.0485. The number of hydrogen-bond donors (Lipinski definition) is 0. The van der Waals surface area contributed by atoms with Crippen molar-refractivity contribution in [3.8, 4) is 5.75 Å². The molecule has 0 aromatic heterocycles. The highest BCUT2D eigenvalue weighted by Crippen LogP contribution is 2.27. The molecule has 1 aromatic carbocycles. The fourth-order valence-electron chi connectivity index (χ4n) is 2.29. The molecular formula is C14H17NO3. The van der Waals surface area contributed by atoms with Gasteiger partial charge in [-0.1, -0.05) is 6.07 Å². The quantitative estimate of drug-likeness (QED) is 0.768. The molecular weight excluding hydrogens is 230 g/mol. The molecule has 1 saturated heterocycles. The zero-order chi connectivity index (χ0) is 13.1. The van der Waals surface area contributed by atoms with Crippen LogP contribution in [0.2, 0.25) is 0 Å². The Morgan fingerprint density at radius 1 is 1.44 bits per heavy atom. The molecule has 0 unspecified atom stereocenters. The second kappa shape index (κ2) is 5.21. The van der Waals surface area contributed by atoms with Gasteiger partial charge in [0, 0.05) is 18.3 Å². The van der Waals surface area contributed by atoms with E-state index in [1.807, 2.05) is 24.3 Å². The van der Waals surface area contributed by atoms with Crippen LogP contribution >= 0.6 is 0 Å². The third-order valence-electron chi connectivity index (χ3n) is 3.29. The smallest absolute Gasteiger partial charge is 0.237 e. The van der Waals surface area contributed by atoms with Crippen molar-refractivity contribution in [2.24, 2.45) is 5.92 Å². The summed E-state index contributed by atoms with van der Waals surface area (Å²) < 4.78 is 5.15. The minimum Gasteiger partial charge on any atom is -0.497 e. The lowest BCUT2D eigenvalue weighted by Crippen LogP contribution is -2.43. The van der Waals surface area contributed by atoms with Crippen molar-refractivity contribution >= 4 is 17.4 Å². The number of piperidine rings is 1. The topological polar surface area (TPSA) is 46.6 Å². The fraction of sp³-hybridized carbons (Fsp3) is 0.429. The SMILES string of the molecule is COc1cccc(N2CCC[C@@H](C(C)=O)C2=O)c1. The summed E-state index contributed by atoms with van der Waals surface area (Å²) in [6.07, 6.45) is 1.52. The highest BCUT2D eigenvalue weighted by molar-refractivity contribution is 6.08. The first kappa shape index (κ1) is 12.6. The number of anilines is 1. The number of methoxy groups -OCH3 is 1. The maximum Gasteiger partial charge on any atom is 0.237 e. The highest BCUT2D eigenvalue weighted by atomic mass is 16.5. The van der Waals surface area contributed by atoms with Crippen molar-refractivity contribution in [3.05, 3.63) is 24.3 Å². The van der Waals surface area contributed by atoms with E-state index in [4.69, 9.17) is 4.74 Å². The van der Waals surface area contributed by atoms with Crippen molar-refractivity contribution in [3.63, 3.8) is 0 Å². The Balaban J connectivity index is 2.26. The first-order valence-corrected chi connectivity index (χ1v) is 6.09. The Kier molecular flexibility index (Phi) is 3.65. The summed E-state index contributed by atoms with van der Waals surface area (Å²) in [6.45, 7) is 2.15. The third kappa shape index (κ3) is 2.37. The van der Waals surface area contributed by atoms with E-state index in [-0.39, 0.29) is 11.7 Å². The van der Waals surface area contributed by atoms with E-state index in [0.29, 0.717) is 18.7 Å². The van der Waals surface area contributed by atoms with Gasteiger partial charge < -0.3 is 9.64 Å². The largest absolute Gasteiger partial charge is 0.497 e. The predicted octanol–water partition coefficient (Wildman–Crippen LogP) is 2.03. The molecule has 4 nitrogen and oxygen atoms in total. The van der Waals surface area contributed by atoms with Crippen LogP contribution in [0.4, 0.5) is 5.69 Å². The Labute approximate surface area is 107 Å². The lowest BCUT2D eigenvalue weighted by Gasteiger charge is -2.31. The van der Waals surface area contributed by atoms with Gasteiger partial charge in [-0.15, -0.1) is 0 Å². The van der Waals surface area contributed by atoms with E-state index in [9.17, 15) is 9.59 Å². The molecule has 0 aliphatic carbocycles. The second-order valence-electron chi connectivity index (χ2n) is 4.50. The zero-order valence-electron chi connectivity index (χ0n) is 10.7. The Bertz CT molecular complexity index is 470. The summed E-state index contributed by atoms with van der Waals surface area (Å²) in [4.78, 5) is 25.3. The monoisotopic (exact) mass is 247 g/mol. The van der Waals surface area contributed by atoms with E-state index in [1.54, 1.807) is 12.0 Å². The normalized spacial score (nSPS) is 19.8. The number of hydrogen-bond acceptors (Lipinski definition) is 3. The van der Waals surface area contributed by atoms with Crippen molar-refractivity contribution in [1.29, 1.82) is 0 Å². The fourth-order valence-corrected chi connectivity index (χ4v) is 2.29. The number of ketones is 1. The molecule has 1 aliphatic heterocycles. The van der Waals surface area contributed by atoms with Gasteiger partial charge >= 0.3 is 0 Å². The second-order valence-corrected chi connectivity index (χ2v) is 4.50. The first-order valence-electron chi connectivity index (χ1n) is 6.09. The average Bonchev–Trinajstić information content (AvgIpc) is 2.38. The third-order valence-corrected chi connectivity index (χ3v) is 3.29. The number of nitrogens with zero attached hydrogens (tertiary/aromatic N) is 1. The number of ether oxygens (including phenoxy) is 1. The summed E-state index contributed by atoms with van der Waals surface area (Å²) in [5, 5.41) is 0. The van der Waals surface area contributed by atoms with E-state index < -0.39 is 5.92 Å². The number of carbonyl (C=O) groups excluding carboxylic acids is 2. The van der Waals surface area contributed by atoms with Crippen molar-refractivity contribution in [1.82, 2.24) is 0 Å². The van der Waals surface area contributed by atoms with Crippen LogP contribution in [-0.4, -0.2) is 25.3 Å². The summed E-state index contributed by atoms with van der Waals surface area (Å²) in [6, 6.07) is 7.36. The Morgan fingerprint density at radius 2 is 2.22 bits per heavy atom. The first-order chi connectivity index (χ1) is 8.63. The predicted molar refractivity (Wildman–Crippen MR) is 68.8 cm³/mol. The molecule has 1 aliphatic rings. The highest BCUT2D eigenvalue weighted by Gasteiger charge is 2.32. The summed E-state index contributed by atoms with van der Waals surface area (Å²) in [5.74, 6) is 0.0878. The van der Waals surface area contributed by atoms with Gasteiger partial charge in [0.15, 0.2) is 0 Å². The zero-order valence-corrected chi connectivity index (χ0v) is 10.7. The lowest BCUT2D eigenvalue weighted by atomic mass is 9.93. The molecule has 1 fully saturated rings. The molecule has 0 spiro atoms. The van der Waals surface area contributed by atoms with Gasteiger partial charge in [0.05, 0.1) is 13.0 Å². The molecule has 2 rings (SSSR count). The van der Waals surface area contributed by atoms with Gasteiger partial charge in [0.1, 0.15) is 11.5 Å². The number of Topliss-reactive ketones (excluding diaryl/α,β-unsaturated/α-hetero) is 1. The summed E-state index contributed by atoms with van der Waals surface area (Å²) in [7, 11) is 1.59. The molecule has 0 saturated carbocycles. The number of amides is 1. The van der Waals surface area contributed by atoms with Gasteiger partial charge in [0.2, 0.25) is 5.91 Å². The molecule has 18 heavy (non-hydrogen) atoms. The van der Waals surface area contributed by atoms with Crippen molar-refractivity contribution < 1.29 is 14.3 Å². The van der Waals surface area contributed by atoms with Crippen LogP contribution in [-0.2, 0) is 9.59 Å². The van der Waals surface area contributed by atoms with Crippen molar-refractivity contribution in [2.75, 3.05) is 18.6 Å². The van der Waals surface area contributed by atoms with E-state index >= 15 is 0 Å². The molecule has 1 atom stereocenters. The van der Waals surface area contributed by atoms with Crippen LogP contribution in [0.15, 0.2) is 24.3 Å². The van der Waals surface area contributed by atoms with Crippen LogP contribution in [0.25, 0.3) is 0 Å². The standard InChI is InChI=1S/C14H17NO3/c1-10(16)13-7-4-8-15(14(13)17)11-5-3-6-12(9-11)18-2/h3,5-6,9,13H,4,7-8H2,1-2H3/t13-/m0/s1. The molecule has 0 N–H and O–H groups in total. The van der Waals surface area contributed by atoms with Gasteiger partial charge in [-0.2, -0.15) is 0 Å². The average molecular weight is 247 g/mol. The van der Waals surface area contributed by atoms with Gasteiger partial charge in [0.25, 0.3) is 0 Å². The van der Waals surface area contributed by atoms with Gasteiger partial charge in [-0.05, 0) is 31.9 Å². The molecule has 1 aromatic rings. The van der Waals surface area contributed by atoms with E-state index in [1.165, 1.54) is 6.92 Å². The number of carbonyl (C=O) groups is 2. The van der Waals surface area contributed by atoms with Crippen LogP contribution in [0, 0.1) is 5.92 Å². The molecule has 1 amide bonds. The van der Waals surface area contributed by atoms with Crippen LogP contribution < -0.4 is 9.64 Å². The maximum atomic E-state index is 12.2.